The number of nitrogens with zero attached hydrogens (tertiary/aromatic N) is 4. The topological polar surface area (TPSA) is 98.6 Å². The van der Waals surface area contributed by atoms with Gasteiger partial charge in [-0.3, -0.25) is 4.90 Å². The summed E-state index contributed by atoms with van der Waals surface area (Å²) in [6, 6.07) is 9.78. The fourth-order valence-corrected chi connectivity index (χ4v) is 4.61. The summed E-state index contributed by atoms with van der Waals surface area (Å²) in [6.07, 6.45) is 2.50. The summed E-state index contributed by atoms with van der Waals surface area (Å²) in [5, 5.41) is 8.54. The van der Waals surface area contributed by atoms with Gasteiger partial charge in [0.15, 0.2) is 0 Å². The molecule has 2 aliphatic heterocycles. The second kappa shape index (κ2) is 7.88. The van der Waals surface area contributed by atoms with E-state index in [9.17, 15) is 8.42 Å². The van der Waals surface area contributed by atoms with Gasteiger partial charge in [0.1, 0.15) is 18.2 Å². The average Bonchev–Trinajstić information content (AvgIpc) is 3.32. The first-order valence-electron chi connectivity index (χ1n) is 9.23. The van der Waals surface area contributed by atoms with Crippen molar-refractivity contribution in [3.05, 3.63) is 47.8 Å². The highest BCUT2D eigenvalue weighted by Crippen LogP contribution is 2.34. The minimum atomic E-state index is -3.31. The molecule has 10 heteroatoms. The van der Waals surface area contributed by atoms with Crippen molar-refractivity contribution >= 4 is 10.0 Å². The van der Waals surface area contributed by atoms with Crippen LogP contribution in [0.4, 0.5) is 0 Å². The number of fused-ring (bicyclic) bond motifs is 1. The molecule has 1 N–H and O–H groups in total. The summed E-state index contributed by atoms with van der Waals surface area (Å²) in [4.78, 5) is 2.18. The van der Waals surface area contributed by atoms with Gasteiger partial charge in [-0.2, -0.15) is 0 Å². The average molecular weight is 407 g/mol. The van der Waals surface area contributed by atoms with E-state index in [4.69, 9.17) is 9.47 Å². The lowest BCUT2D eigenvalue weighted by Crippen LogP contribution is -2.43. The summed E-state index contributed by atoms with van der Waals surface area (Å²) in [5.41, 5.74) is 2.11. The van der Waals surface area contributed by atoms with Crippen LogP contribution in [0.3, 0.4) is 0 Å². The number of benzene rings is 1. The first-order valence-corrected chi connectivity index (χ1v) is 11.1. The third kappa shape index (κ3) is 4.41. The maximum Gasteiger partial charge on any atom is 0.209 e. The SMILES string of the molecule is CN(Cc1ccccc1)Cc1cn([C@@H]2CO[C@@H]3[C@@H]2OC[C@@H]3NS(C)(=O)=O)nn1. The molecule has 28 heavy (non-hydrogen) atoms. The number of sulfonamides is 1. The highest BCUT2D eigenvalue weighted by Gasteiger charge is 2.49. The predicted octanol–water partition coefficient (Wildman–Crippen LogP) is 0.167. The number of hydrogen-bond acceptors (Lipinski definition) is 7. The van der Waals surface area contributed by atoms with Crippen LogP contribution in [0.1, 0.15) is 17.3 Å². The Kier molecular flexibility index (Phi) is 5.48. The molecule has 2 saturated heterocycles. The van der Waals surface area contributed by atoms with Gasteiger partial charge in [-0.25, -0.2) is 17.8 Å². The van der Waals surface area contributed by atoms with E-state index in [0.29, 0.717) is 19.8 Å². The Morgan fingerprint density at radius 1 is 1.18 bits per heavy atom. The van der Waals surface area contributed by atoms with Crippen LogP contribution in [0.25, 0.3) is 0 Å². The normalized spacial score (nSPS) is 27.4. The highest BCUT2D eigenvalue weighted by molar-refractivity contribution is 7.88. The Morgan fingerprint density at radius 3 is 2.68 bits per heavy atom. The van der Waals surface area contributed by atoms with Crippen molar-refractivity contribution in [2.75, 3.05) is 26.5 Å². The summed E-state index contributed by atoms with van der Waals surface area (Å²) in [6.45, 7) is 2.21. The van der Waals surface area contributed by atoms with E-state index in [-0.39, 0.29) is 24.3 Å². The quantitative estimate of drug-likeness (QED) is 0.698. The molecule has 0 bridgehead atoms. The molecule has 0 unspecified atom stereocenters. The van der Waals surface area contributed by atoms with E-state index >= 15 is 0 Å². The molecule has 4 rings (SSSR count). The third-order valence-electron chi connectivity index (χ3n) is 5.02. The van der Waals surface area contributed by atoms with Crippen molar-refractivity contribution in [2.24, 2.45) is 0 Å². The molecule has 3 heterocycles. The summed E-state index contributed by atoms with van der Waals surface area (Å²) in [7, 11) is -1.27. The Bertz CT molecular complexity index is 904. The van der Waals surface area contributed by atoms with Gasteiger partial charge in [0.25, 0.3) is 0 Å². The minimum Gasteiger partial charge on any atom is -0.371 e. The van der Waals surface area contributed by atoms with Gasteiger partial charge in [-0.1, -0.05) is 35.5 Å². The first-order chi connectivity index (χ1) is 13.4. The Labute approximate surface area is 164 Å². The van der Waals surface area contributed by atoms with Crippen LogP contribution < -0.4 is 4.72 Å². The zero-order valence-corrected chi connectivity index (χ0v) is 16.7. The van der Waals surface area contributed by atoms with E-state index < -0.39 is 10.0 Å². The molecule has 0 aliphatic carbocycles. The van der Waals surface area contributed by atoms with Crippen LogP contribution in [-0.4, -0.2) is 73.1 Å². The van der Waals surface area contributed by atoms with Crippen molar-refractivity contribution in [1.82, 2.24) is 24.6 Å². The predicted molar refractivity (Wildman–Crippen MR) is 102 cm³/mol. The summed E-state index contributed by atoms with van der Waals surface area (Å²) < 4.78 is 39.0. The van der Waals surface area contributed by atoms with Gasteiger partial charge < -0.3 is 9.47 Å². The molecule has 0 radical (unpaired) electrons. The minimum absolute atomic E-state index is 0.114. The fraction of sp³-hybridized carbons (Fsp3) is 0.556. The second-order valence-corrected chi connectivity index (χ2v) is 9.29. The zero-order chi connectivity index (χ0) is 19.7. The standard InChI is InChI=1S/C18H25N5O4S/c1-22(8-13-6-4-3-5-7-13)9-14-10-23(21-19-14)16-12-27-17-15(11-26-18(16)17)20-28(2,24)25/h3-7,10,15-18,20H,8-9,11-12H2,1-2H3/t15-,16+,17-,18+/m0/s1. The van der Waals surface area contributed by atoms with Crippen molar-refractivity contribution in [3.8, 4) is 0 Å². The lowest BCUT2D eigenvalue weighted by atomic mass is 10.1. The monoisotopic (exact) mass is 407 g/mol. The molecule has 2 fully saturated rings. The number of rotatable bonds is 7. The Morgan fingerprint density at radius 2 is 1.93 bits per heavy atom. The van der Waals surface area contributed by atoms with Crippen molar-refractivity contribution in [3.63, 3.8) is 0 Å². The zero-order valence-electron chi connectivity index (χ0n) is 15.9. The Balaban J connectivity index is 1.37. The van der Waals surface area contributed by atoms with Crippen molar-refractivity contribution < 1.29 is 17.9 Å². The molecule has 2 aliphatic rings. The smallest absolute Gasteiger partial charge is 0.209 e. The van der Waals surface area contributed by atoms with Gasteiger partial charge in [-0.15, -0.1) is 5.10 Å². The molecule has 4 atom stereocenters. The van der Waals surface area contributed by atoms with Gasteiger partial charge in [0, 0.05) is 13.1 Å². The van der Waals surface area contributed by atoms with E-state index in [0.717, 1.165) is 18.5 Å². The van der Waals surface area contributed by atoms with Gasteiger partial charge in [-0.05, 0) is 12.6 Å². The lowest BCUT2D eigenvalue weighted by Gasteiger charge is -2.17. The van der Waals surface area contributed by atoms with Gasteiger partial charge in [0.05, 0.1) is 37.4 Å². The molecule has 9 nitrogen and oxygen atoms in total. The van der Waals surface area contributed by atoms with Crippen molar-refractivity contribution in [2.45, 2.75) is 37.4 Å². The largest absolute Gasteiger partial charge is 0.371 e. The second-order valence-electron chi connectivity index (χ2n) is 7.51. The van der Waals surface area contributed by atoms with Crippen LogP contribution in [0.5, 0.6) is 0 Å². The molecule has 2 aromatic rings. The van der Waals surface area contributed by atoms with E-state index in [1.54, 1.807) is 4.68 Å². The van der Waals surface area contributed by atoms with E-state index in [2.05, 4.69) is 32.1 Å². The summed E-state index contributed by atoms with van der Waals surface area (Å²) in [5.74, 6) is 0. The molecular weight excluding hydrogens is 382 g/mol. The first kappa shape index (κ1) is 19.5. The van der Waals surface area contributed by atoms with E-state index in [1.807, 2.05) is 31.4 Å². The number of nitrogens with one attached hydrogen (secondary N) is 1. The Hall–Kier alpha value is -1.85. The number of aromatic nitrogens is 3. The third-order valence-corrected chi connectivity index (χ3v) is 5.75. The van der Waals surface area contributed by atoms with Crippen LogP contribution in [-0.2, 0) is 32.6 Å². The van der Waals surface area contributed by atoms with Crippen LogP contribution in [0.2, 0.25) is 0 Å². The summed E-state index contributed by atoms with van der Waals surface area (Å²) >= 11 is 0. The number of hydrogen-bond donors (Lipinski definition) is 1. The molecule has 1 aromatic heterocycles. The van der Waals surface area contributed by atoms with Gasteiger partial charge in [0.2, 0.25) is 10.0 Å². The number of ether oxygens (including phenoxy) is 2. The highest BCUT2D eigenvalue weighted by atomic mass is 32.2. The fourth-order valence-electron chi connectivity index (χ4n) is 3.86. The molecule has 1 aromatic carbocycles. The maximum absolute atomic E-state index is 11.5. The van der Waals surface area contributed by atoms with Crippen molar-refractivity contribution in [1.29, 1.82) is 0 Å². The van der Waals surface area contributed by atoms with Crippen LogP contribution in [0, 0.1) is 0 Å². The lowest BCUT2D eigenvalue weighted by molar-refractivity contribution is 0.0624. The van der Waals surface area contributed by atoms with Gasteiger partial charge >= 0.3 is 0 Å². The van der Waals surface area contributed by atoms with Crippen LogP contribution >= 0.6 is 0 Å². The van der Waals surface area contributed by atoms with E-state index in [1.165, 1.54) is 5.56 Å². The maximum atomic E-state index is 11.5. The molecule has 152 valence electrons. The molecule has 0 spiro atoms. The molecule has 0 amide bonds. The molecular formula is C18H25N5O4S. The molecule has 0 saturated carbocycles. The van der Waals surface area contributed by atoms with Crippen LogP contribution in [0.15, 0.2) is 36.5 Å².